The van der Waals surface area contributed by atoms with E-state index in [1.807, 2.05) is 13.8 Å². The van der Waals surface area contributed by atoms with Crippen LogP contribution in [-0.2, 0) is 0 Å². The number of nitrogens with two attached hydrogens (primary N) is 1. The lowest BCUT2D eigenvalue weighted by Crippen LogP contribution is -2.01. The van der Waals surface area contributed by atoms with Crippen molar-refractivity contribution < 1.29 is 13.7 Å². The van der Waals surface area contributed by atoms with Gasteiger partial charge in [-0.1, -0.05) is 40.8 Å². The molecule has 0 radical (unpaired) electrons. The van der Waals surface area contributed by atoms with Crippen LogP contribution < -0.4 is 5.73 Å². The number of aromatic nitrogens is 2. The molecule has 2 aromatic carbocycles. The van der Waals surface area contributed by atoms with Crippen LogP contribution in [0.2, 0.25) is 0 Å². The lowest BCUT2D eigenvalue weighted by Gasteiger charge is -2.14. The Morgan fingerprint density at radius 1 is 0.800 bits per heavy atom. The minimum Gasteiger partial charge on any atom is -0.398 e. The summed E-state index contributed by atoms with van der Waals surface area (Å²) in [5.74, 6) is -0.544. The smallest absolute Gasteiger partial charge is 0.280 e. The van der Waals surface area contributed by atoms with Crippen LogP contribution >= 0.6 is 0 Å². The number of benzene rings is 2. The Bertz CT molecular complexity index is 1660. The number of hydrogen-bond acceptors (Lipinski definition) is 5. The van der Waals surface area contributed by atoms with Gasteiger partial charge < -0.3 is 15.4 Å². The van der Waals surface area contributed by atoms with Crippen LogP contribution in [0.1, 0.15) is 50.7 Å². The number of rotatable bonds is 5. The van der Waals surface area contributed by atoms with E-state index in [1.54, 1.807) is 26.0 Å². The van der Waals surface area contributed by atoms with E-state index in [0.29, 0.717) is 27.9 Å². The van der Waals surface area contributed by atoms with E-state index in [-0.39, 0.29) is 40.5 Å². The van der Waals surface area contributed by atoms with E-state index in [9.17, 15) is 18.9 Å². The Hall–Kier alpha value is -5.22. The van der Waals surface area contributed by atoms with Crippen molar-refractivity contribution in [2.24, 2.45) is 0 Å². The first-order chi connectivity index (χ1) is 19.0. The lowest BCUT2D eigenvalue weighted by atomic mass is 9.94. The Morgan fingerprint density at radius 3 is 1.70 bits per heavy atom. The van der Waals surface area contributed by atoms with Gasteiger partial charge in [0.2, 0.25) is 0 Å². The Kier molecular flexibility index (Phi) is 9.20. The second-order valence-electron chi connectivity index (χ2n) is 9.44. The van der Waals surface area contributed by atoms with Crippen LogP contribution in [-0.4, -0.2) is 14.9 Å². The fourth-order valence-corrected chi connectivity index (χ4v) is 4.13. The zero-order valence-electron chi connectivity index (χ0n) is 22.3. The van der Waals surface area contributed by atoms with Crippen molar-refractivity contribution in [3.05, 3.63) is 117 Å². The van der Waals surface area contributed by atoms with Gasteiger partial charge in [-0.3, -0.25) is 10.1 Å². The molecule has 0 saturated carbocycles. The average Bonchev–Trinajstić information content (AvgIpc) is 2.93. The zero-order valence-corrected chi connectivity index (χ0v) is 22.3. The molecular formula is C30H26F2N6O2. The fraction of sp³-hybridized carbons (Fsp3) is 0.200. The van der Waals surface area contributed by atoms with Gasteiger partial charge in [-0.05, 0) is 77.1 Å². The SMILES string of the molecule is [C-]#[N+]c1cc(-c2cc(F)cc(C(C)C)c2N)ccn1.[C-]#[N+]c1cc(-c2cc(F)cc(C(C)C)c2[N+](=O)[O-])ccn1. The lowest BCUT2D eigenvalue weighted by molar-refractivity contribution is -0.385. The van der Waals surface area contributed by atoms with Gasteiger partial charge in [0.25, 0.3) is 17.3 Å². The van der Waals surface area contributed by atoms with E-state index in [2.05, 4.69) is 19.7 Å². The molecule has 0 aliphatic rings. The van der Waals surface area contributed by atoms with Crippen LogP contribution in [0.3, 0.4) is 0 Å². The van der Waals surface area contributed by atoms with Crippen molar-refractivity contribution in [1.82, 2.24) is 9.97 Å². The summed E-state index contributed by atoms with van der Waals surface area (Å²) in [6, 6.07) is 11.4. The molecular weight excluding hydrogens is 514 g/mol. The standard InChI is InChI=1S/C15H12FN3O2.C15H14FN3/c1-9(2)12-7-11(16)8-13(15(12)19(20)21)10-4-5-18-14(6-10)17-3;1-9(2)12-7-11(16)8-13(15(12)17)10-4-5-19-14(6-10)18-3/h4-9H,1-2H3;4-9H,17H2,1-2H3. The molecule has 0 fully saturated rings. The Labute approximate surface area is 230 Å². The van der Waals surface area contributed by atoms with Crippen LogP contribution in [0.4, 0.5) is 31.8 Å². The van der Waals surface area contributed by atoms with Crippen molar-refractivity contribution in [2.75, 3.05) is 5.73 Å². The van der Waals surface area contributed by atoms with E-state index in [0.717, 1.165) is 11.6 Å². The highest BCUT2D eigenvalue weighted by Gasteiger charge is 2.24. The molecule has 2 heterocycles. The van der Waals surface area contributed by atoms with Crippen molar-refractivity contribution in [1.29, 1.82) is 0 Å². The van der Waals surface area contributed by atoms with E-state index in [1.165, 1.54) is 42.7 Å². The first kappa shape index (κ1) is 29.3. The van der Waals surface area contributed by atoms with Crippen molar-refractivity contribution in [2.45, 2.75) is 39.5 Å². The third-order valence-electron chi connectivity index (χ3n) is 6.05. The number of nitro benzene ring substituents is 1. The topological polar surface area (TPSA) is 104 Å². The number of nitro groups is 1. The molecule has 8 nitrogen and oxygen atoms in total. The maximum atomic E-state index is 13.8. The summed E-state index contributed by atoms with van der Waals surface area (Å²) in [4.78, 5) is 25.1. The molecule has 4 rings (SSSR count). The van der Waals surface area contributed by atoms with Crippen LogP contribution in [0.5, 0.6) is 0 Å². The summed E-state index contributed by atoms with van der Waals surface area (Å²) in [5.41, 5.74) is 9.52. The second-order valence-corrected chi connectivity index (χ2v) is 9.44. The molecule has 0 spiro atoms. The van der Waals surface area contributed by atoms with Gasteiger partial charge in [-0.25, -0.2) is 8.78 Å². The average molecular weight is 541 g/mol. The van der Waals surface area contributed by atoms with Gasteiger partial charge in [0.1, 0.15) is 24.0 Å². The van der Waals surface area contributed by atoms with Crippen molar-refractivity contribution in [3.63, 3.8) is 0 Å². The molecule has 40 heavy (non-hydrogen) atoms. The molecule has 0 saturated heterocycles. The van der Waals surface area contributed by atoms with E-state index < -0.39 is 10.7 Å². The predicted molar refractivity (Wildman–Crippen MR) is 151 cm³/mol. The van der Waals surface area contributed by atoms with Crippen molar-refractivity contribution in [3.8, 4) is 22.3 Å². The maximum Gasteiger partial charge on any atom is 0.280 e. The van der Waals surface area contributed by atoms with Gasteiger partial charge >= 0.3 is 0 Å². The van der Waals surface area contributed by atoms with Crippen LogP contribution in [0.15, 0.2) is 60.9 Å². The third kappa shape index (κ3) is 6.61. The molecule has 0 aliphatic heterocycles. The van der Waals surface area contributed by atoms with Gasteiger partial charge in [-0.15, -0.1) is 9.97 Å². The Balaban J connectivity index is 0.000000222. The van der Waals surface area contributed by atoms with Gasteiger partial charge in [-0.2, -0.15) is 0 Å². The zero-order chi connectivity index (χ0) is 29.6. The highest BCUT2D eigenvalue weighted by atomic mass is 19.1. The Morgan fingerprint density at radius 2 is 1.25 bits per heavy atom. The summed E-state index contributed by atoms with van der Waals surface area (Å²) >= 11 is 0. The molecule has 0 aliphatic carbocycles. The molecule has 2 N–H and O–H groups in total. The number of hydrogen-bond donors (Lipinski definition) is 1. The minimum absolute atomic E-state index is 0.108. The number of pyridine rings is 2. The first-order valence-corrected chi connectivity index (χ1v) is 12.2. The number of anilines is 1. The minimum atomic E-state index is -0.541. The normalized spacial score (nSPS) is 10.4. The van der Waals surface area contributed by atoms with Crippen LogP contribution in [0.25, 0.3) is 31.9 Å². The first-order valence-electron chi connectivity index (χ1n) is 12.2. The predicted octanol–water partition coefficient (Wildman–Crippen LogP) is 8.61. The van der Waals surface area contributed by atoms with Crippen LogP contribution in [0, 0.1) is 34.9 Å². The molecule has 0 atom stereocenters. The summed E-state index contributed by atoms with van der Waals surface area (Å²) in [6.45, 7) is 21.4. The summed E-state index contributed by atoms with van der Waals surface area (Å²) in [5, 5.41) is 11.4. The monoisotopic (exact) mass is 540 g/mol. The summed E-state index contributed by atoms with van der Waals surface area (Å²) in [7, 11) is 0. The summed E-state index contributed by atoms with van der Waals surface area (Å²) in [6.07, 6.45) is 2.91. The molecule has 2 aromatic heterocycles. The molecule has 202 valence electrons. The summed E-state index contributed by atoms with van der Waals surface area (Å²) < 4.78 is 27.5. The highest BCUT2D eigenvalue weighted by Crippen LogP contribution is 2.38. The van der Waals surface area contributed by atoms with Gasteiger partial charge in [0.15, 0.2) is 0 Å². The second kappa shape index (κ2) is 12.5. The maximum absolute atomic E-state index is 13.8. The number of nitrogen functional groups attached to an aromatic ring is 1. The third-order valence-corrected chi connectivity index (χ3v) is 6.05. The number of nitrogens with zero attached hydrogens (tertiary/aromatic N) is 5. The number of halogens is 2. The molecule has 4 aromatic rings. The quantitative estimate of drug-likeness (QED) is 0.118. The highest BCUT2D eigenvalue weighted by molar-refractivity contribution is 5.80. The largest absolute Gasteiger partial charge is 0.398 e. The van der Waals surface area contributed by atoms with Gasteiger partial charge in [0, 0.05) is 16.8 Å². The fourth-order valence-electron chi connectivity index (χ4n) is 4.13. The van der Waals surface area contributed by atoms with E-state index >= 15 is 0 Å². The van der Waals surface area contributed by atoms with E-state index in [4.69, 9.17) is 18.9 Å². The molecule has 0 unspecified atom stereocenters. The van der Waals surface area contributed by atoms with Crippen molar-refractivity contribution >= 4 is 23.0 Å². The van der Waals surface area contributed by atoms with Gasteiger partial charge in [0.05, 0.1) is 10.5 Å². The molecule has 0 bridgehead atoms. The molecule has 10 heteroatoms. The molecule has 0 amide bonds.